The Bertz CT molecular complexity index is 733. The van der Waals surface area contributed by atoms with Gasteiger partial charge in [-0.15, -0.1) is 5.10 Å². The van der Waals surface area contributed by atoms with Gasteiger partial charge in [0.05, 0.1) is 6.20 Å². The third-order valence-corrected chi connectivity index (χ3v) is 3.13. The molecule has 0 saturated heterocycles. The van der Waals surface area contributed by atoms with Crippen molar-refractivity contribution in [2.24, 2.45) is 0 Å². The Labute approximate surface area is 132 Å². The fraction of sp³-hybridized carbons (Fsp3) is 0.0667. The van der Waals surface area contributed by atoms with Gasteiger partial charge in [-0.1, -0.05) is 11.6 Å². The Kier molecular flexibility index (Phi) is 4.41. The first-order valence-electron chi connectivity index (χ1n) is 6.65. The molecule has 3 aromatic rings. The summed E-state index contributed by atoms with van der Waals surface area (Å²) in [5, 5.41) is 14.8. The van der Waals surface area contributed by atoms with E-state index in [2.05, 4.69) is 30.8 Å². The molecule has 0 radical (unpaired) electrons. The molecule has 7 heteroatoms. The van der Waals surface area contributed by atoms with Crippen LogP contribution in [0.4, 0.5) is 17.5 Å². The molecule has 0 aliphatic rings. The van der Waals surface area contributed by atoms with Crippen LogP contribution in [-0.4, -0.2) is 20.2 Å². The highest BCUT2D eigenvalue weighted by Gasteiger charge is 2.01. The number of pyridine rings is 1. The first-order valence-corrected chi connectivity index (χ1v) is 7.02. The van der Waals surface area contributed by atoms with E-state index in [1.807, 2.05) is 24.3 Å². The van der Waals surface area contributed by atoms with Crippen LogP contribution in [-0.2, 0) is 6.54 Å². The molecule has 0 bridgehead atoms. The highest BCUT2D eigenvalue weighted by Crippen LogP contribution is 2.16. The molecule has 0 amide bonds. The zero-order valence-corrected chi connectivity index (χ0v) is 12.3. The minimum atomic E-state index is 0.419. The lowest BCUT2D eigenvalue weighted by atomic mass is 10.3. The van der Waals surface area contributed by atoms with Gasteiger partial charge in [0.1, 0.15) is 0 Å². The number of halogens is 1. The highest BCUT2D eigenvalue weighted by molar-refractivity contribution is 6.30. The third kappa shape index (κ3) is 3.89. The number of benzene rings is 1. The Morgan fingerprint density at radius 3 is 2.55 bits per heavy atom. The minimum absolute atomic E-state index is 0.419. The van der Waals surface area contributed by atoms with Crippen molar-refractivity contribution in [3.63, 3.8) is 0 Å². The fourth-order valence-electron chi connectivity index (χ4n) is 1.80. The maximum Gasteiger partial charge on any atom is 0.249 e. The molecule has 3 rings (SSSR count). The first kappa shape index (κ1) is 14.2. The number of rotatable bonds is 5. The summed E-state index contributed by atoms with van der Waals surface area (Å²) in [5.74, 6) is 1.06. The molecule has 110 valence electrons. The van der Waals surface area contributed by atoms with Crippen molar-refractivity contribution in [2.75, 3.05) is 10.6 Å². The smallest absolute Gasteiger partial charge is 0.249 e. The summed E-state index contributed by atoms with van der Waals surface area (Å²) < 4.78 is 0. The summed E-state index contributed by atoms with van der Waals surface area (Å²) in [7, 11) is 0. The molecular weight excluding hydrogens is 300 g/mol. The summed E-state index contributed by atoms with van der Waals surface area (Å²) in [5.41, 5.74) is 1.96. The lowest BCUT2D eigenvalue weighted by Gasteiger charge is -2.07. The van der Waals surface area contributed by atoms with Gasteiger partial charge in [0.2, 0.25) is 5.95 Å². The Morgan fingerprint density at radius 1 is 1.00 bits per heavy atom. The van der Waals surface area contributed by atoms with E-state index in [9.17, 15) is 0 Å². The molecule has 0 aliphatic carbocycles. The molecule has 22 heavy (non-hydrogen) atoms. The maximum atomic E-state index is 5.85. The lowest BCUT2D eigenvalue weighted by Crippen LogP contribution is -2.05. The van der Waals surface area contributed by atoms with Crippen molar-refractivity contribution in [3.05, 3.63) is 65.6 Å². The van der Waals surface area contributed by atoms with Crippen LogP contribution in [0.1, 0.15) is 5.56 Å². The predicted octanol–water partition coefficient (Wildman–Crippen LogP) is 3.28. The SMILES string of the molecule is Clc1ccc(Nc2nncc(NCc3ccncc3)n2)cc1. The summed E-state index contributed by atoms with van der Waals surface area (Å²) >= 11 is 5.85. The Balaban J connectivity index is 1.66. The third-order valence-electron chi connectivity index (χ3n) is 2.88. The number of anilines is 3. The molecule has 6 nitrogen and oxygen atoms in total. The number of hydrogen-bond donors (Lipinski definition) is 2. The largest absolute Gasteiger partial charge is 0.365 e. The van der Waals surface area contributed by atoms with E-state index in [0.29, 0.717) is 23.3 Å². The van der Waals surface area contributed by atoms with Crippen molar-refractivity contribution < 1.29 is 0 Å². The second-order valence-electron chi connectivity index (χ2n) is 4.51. The van der Waals surface area contributed by atoms with E-state index in [1.54, 1.807) is 30.7 Å². The summed E-state index contributed by atoms with van der Waals surface area (Å²) in [6.45, 7) is 0.640. The Morgan fingerprint density at radius 2 is 1.77 bits per heavy atom. The number of aromatic nitrogens is 4. The van der Waals surface area contributed by atoms with E-state index in [1.165, 1.54) is 0 Å². The molecule has 1 aromatic carbocycles. The average Bonchev–Trinajstić information content (AvgIpc) is 2.57. The minimum Gasteiger partial charge on any atom is -0.365 e. The van der Waals surface area contributed by atoms with E-state index >= 15 is 0 Å². The standard InChI is InChI=1S/C15H13ClN6/c16-12-1-3-13(4-2-12)20-15-21-14(10-19-22-15)18-9-11-5-7-17-8-6-11/h1-8,10H,9H2,(H2,18,20,21,22). The number of nitrogens with one attached hydrogen (secondary N) is 2. The Hall–Kier alpha value is -2.73. The van der Waals surface area contributed by atoms with Crippen LogP contribution in [0, 0.1) is 0 Å². The average molecular weight is 313 g/mol. The zero-order valence-electron chi connectivity index (χ0n) is 11.6. The van der Waals surface area contributed by atoms with Gasteiger partial charge in [0.15, 0.2) is 5.82 Å². The zero-order chi connectivity index (χ0) is 15.2. The van der Waals surface area contributed by atoms with Crippen molar-refractivity contribution in [2.45, 2.75) is 6.54 Å². The lowest BCUT2D eigenvalue weighted by molar-refractivity contribution is 0.965. The van der Waals surface area contributed by atoms with Gasteiger partial charge in [0.25, 0.3) is 0 Å². The maximum absolute atomic E-state index is 5.85. The van der Waals surface area contributed by atoms with Crippen LogP contribution in [0.3, 0.4) is 0 Å². The van der Waals surface area contributed by atoms with Gasteiger partial charge in [0, 0.05) is 29.6 Å². The van der Waals surface area contributed by atoms with E-state index in [4.69, 9.17) is 11.6 Å². The molecule has 0 fully saturated rings. The van der Waals surface area contributed by atoms with Gasteiger partial charge in [-0.05, 0) is 42.0 Å². The van der Waals surface area contributed by atoms with Crippen molar-refractivity contribution in [3.8, 4) is 0 Å². The molecule has 2 aromatic heterocycles. The fourth-order valence-corrected chi connectivity index (χ4v) is 1.92. The van der Waals surface area contributed by atoms with Gasteiger partial charge < -0.3 is 10.6 Å². The second kappa shape index (κ2) is 6.82. The van der Waals surface area contributed by atoms with Crippen LogP contribution in [0.25, 0.3) is 0 Å². The molecule has 2 heterocycles. The molecular formula is C15H13ClN6. The van der Waals surface area contributed by atoms with Crippen molar-refractivity contribution >= 4 is 29.1 Å². The summed E-state index contributed by atoms with van der Waals surface area (Å²) in [4.78, 5) is 8.34. The van der Waals surface area contributed by atoms with Crippen LogP contribution >= 0.6 is 11.6 Å². The molecule has 0 atom stereocenters. The van der Waals surface area contributed by atoms with Gasteiger partial charge >= 0.3 is 0 Å². The monoisotopic (exact) mass is 312 g/mol. The van der Waals surface area contributed by atoms with Crippen LogP contribution in [0.2, 0.25) is 5.02 Å². The molecule has 2 N–H and O–H groups in total. The highest BCUT2D eigenvalue weighted by atomic mass is 35.5. The quantitative estimate of drug-likeness (QED) is 0.753. The molecule has 0 aliphatic heterocycles. The van der Waals surface area contributed by atoms with Crippen LogP contribution < -0.4 is 10.6 Å². The molecule has 0 spiro atoms. The summed E-state index contributed by atoms with van der Waals surface area (Å²) in [6, 6.07) is 11.2. The topological polar surface area (TPSA) is 75.6 Å². The van der Waals surface area contributed by atoms with Crippen molar-refractivity contribution in [1.82, 2.24) is 20.2 Å². The number of hydrogen-bond acceptors (Lipinski definition) is 6. The number of nitrogens with zero attached hydrogens (tertiary/aromatic N) is 4. The van der Waals surface area contributed by atoms with Crippen LogP contribution in [0.5, 0.6) is 0 Å². The normalized spacial score (nSPS) is 10.2. The summed E-state index contributed by atoms with van der Waals surface area (Å²) in [6.07, 6.45) is 5.08. The van der Waals surface area contributed by atoms with Gasteiger partial charge in [-0.3, -0.25) is 4.98 Å². The second-order valence-corrected chi connectivity index (χ2v) is 4.94. The molecule has 0 saturated carbocycles. The predicted molar refractivity (Wildman–Crippen MR) is 86.1 cm³/mol. The van der Waals surface area contributed by atoms with Crippen LogP contribution in [0.15, 0.2) is 55.0 Å². The molecule has 0 unspecified atom stereocenters. The first-order chi connectivity index (χ1) is 10.8. The van der Waals surface area contributed by atoms with E-state index in [-0.39, 0.29) is 0 Å². The van der Waals surface area contributed by atoms with Crippen molar-refractivity contribution in [1.29, 1.82) is 0 Å². The van der Waals surface area contributed by atoms with Gasteiger partial charge in [-0.25, -0.2) is 0 Å². The van der Waals surface area contributed by atoms with E-state index in [0.717, 1.165) is 11.3 Å². The van der Waals surface area contributed by atoms with Gasteiger partial charge in [-0.2, -0.15) is 10.1 Å². The van der Waals surface area contributed by atoms with E-state index < -0.39 is 0 Å².